The molecule has 2 rings (SSSR count). The second kappa shape index (κ2) is 8.39. The highest BCUT2D eigenvalue weighted by atomic mass is 32.2. The number of benzene rings is 2. The molecule has 0 saturated carbocycles. The maximum absolute atomic E-state index is 12.8. The minimum Gasteiger partial charge on any atom is -0.495 e. The van der Waals surface area contributed by atoms with Crippen LogP contribution in [-0.2, 0) is 14.6 Å². The molecule has 0 aliphatic rings. The van der Waals surface area contributed by atoms with E-state index < -0.39 is 38.7 Å². The number of para-hydroxylation sites is 1. The zero-order valence-corrected chi connectivity index (χ0v) is 15.6. The molecule has 0 bridgehead atoms. The first-order chi connectivity index (χ1) is 13.5. The minimum atomic E-state index is -5.63. The van der Waals surface area contributed by atoms with Crippen molar-refractivity contribution >= 4 is 27.3 Å². The van der Waals surface area contributed by atoms with E-state index in [9.17, 15) is 31.2 Å². The van der Waals surface area contributed by atoms with Crippen LogP contribution in [0.5, 0.6) is 11.5 Å². The van der Waals surface area contributed by atoms with Gasteiger partial charge in [0.1, 0.15) is 11.5 Å². The fraction of sp³-hybridized carbons (Fsp3) is 0.176. The molecule has 12 heteroatoms. The van der Waals surface area contributed by atoms with Gasteiger partial charge in [0.05, 0.1) is 23.3 Å². The van der Waals surface area contributed by atoms with Crippen molar-refractivity contribution in [2.45, 2.75) is 10.4 Å². The Hall–Kier alpha value is -3.28. The van der Waals surface area contributed by atoms with E-state index in [0.29, 0.717) is 12.1 Å². The molecular weight excluding hydrogens is 417 g/mol. The van der Waals surface area contributed by atoms with E-state index in [1.165, 1.54) is 31.4 Å². The van der Waals surface area contributed by atoms with Gasteiger partial charge in [0.15, 0.2) is 6.61 Å². The highest BCUT2D eigenvalue weighted by molar-refractivity contribution is 7.92. The molecule has 2 amide bonds. The number of carbonyl (C=O) groups is 2. The van der Waals surface area contributed by atoms with Crippen molar-refractivity contribution in [3.8, 4) is 11.5 Å². The Bertz CT molecular complexity index is 1040. The molecule has 0 saturated heterocycles. The lowest BCUT2D eigenvalue weighted by molar-refractivity contribution is -0.119. The molecule has 0 spiro atoms. The second-order valence-electron chi connectivity index (χ2n) is 5.52. The Kier molecular flexibility index (Phi) is 6.37. The van der Waals surface area contributed by atoms with Crippen LogP contribution in [0.15, 0.2) is 47.4 Å². The predicted molar refractivity (Wildman–Crippen MR) is 95.3 cm³/mol. The largest absolute Gasteiger partial charge is 0.501 e. The fourth-order valence-corrected chi connectivity index (χ4v) is 2.99. The number of rotatable bonds is 7. The van der Waals surface area contributed by atoms with Gasteiger partial charge in [-0.05, 0) is 30.3 Å². The molecule has 0 fully saturated rings. The molecule has 0 atom stereocenters. The maximum Gasteiger partial charge on any atom is 0.501 e. The summed E-state index contributed by atoms with van der Waals surface area (Å²) in [5.41, 5.74) is -0.907. The first-order valence-corrected chi connectivity index (χ1v) is 9.26. The molecule has 3 N–H and O–H groups in total. The number of alkyl halides is 3. The number of halogens is 3. The maximum atomic E-state index is 12.8. The monoisotopic (exact) mass is 432 g/mol. The van der Waals surface area contributed by atoms with Gasteiger partial charge in [-0.3, -0.25) is 9.59 Å². The van der Waals surface area contributed by atoms with Crippen LogP contribution >= 0.6 is 0 Å². The molecule has 0 aliphatic heterocycles. The number of sulfone groups is 1. The number of primary amides is 1. The predicted octanol–water partition coefficient (Wildman–Crippen LogP) is 2.11. The standard InChI is InChI=1S/C17H15F3N2O6S/c1-27-14-7-6-10(29(25,26)17(18,19)20)8-12(14)22-16(24)11-4-2-3-5-13(11)28-9-15(21)23/h2-8H,9H2,1H3,(H2,21,23)(H,22,24). The van der Waals surface area contributed by atoms with E-state index in [4.69, 9.17) is 15.2 Å². The van der Waals surface area contributed by atoms with Crippen LogP contribution in [0.1, 0.15) is 10.4 Å². The summed E-state index contributed by atoms with van der Waals surface area (Å²) >= 11 is 0. The lowest BCUT2D eigenvalue weighted by Gasteiger charge is -2.15. The van der Waals surface area contributed by atoms with E-state index in [1.54, 1.807) is 0 Å². The molecular formula is C17H15F3N2O6S. The van der Waals surface area contributed by atoms with Crippen molar-refractivity contribution in [3.63, 3.8) is 0 Å². The zero-order valence-electron chi connectivity index (χ0n) is 14.8. The van der Waals surface area contributed by atoms with Crippen LogP contribution in [-0.4, -0.2) is 39.5 Å². The van der Waals surface area contributed by atoms with Gasteiger partial charge in [-0.1, -0.05) is 12.1 Å². The number of anilines is 1. The molecule has 0 aliphatic carbocycles. The third-order valence-corrected chi connectivity index (χ3v) is 5.02. The summed E-state index contributed by atoms with van der Waals surface area (Å²) in [6, 6.07) is 8.02. The van der Waals surface area contributed by atoms with Gasteiger partial charge in [0.25, 0.3) is 21.7 Å². The van der Waals surface area contributed by atoms with Crippen LogP contribution in [0.4, 0.5) is 18.9 Å². The summed E-state index contributed by atoms with van der Waals surface area (Å²) in [6.45, 7) is -0.507. The van der Waals surface area contributed by atoms with E-state index in [-0.39, 0.29) is 22.7 Å². The smallest absolute Gasteiger partial charge is 0.495 e. The number of nitrogens with one attached hydrogen (secondary N) is 1. The molecule has 8 nitrogen and oxygen atoms in total. The van der Waals surface area contributed by atoms with E-state index in [1.807, 2.05) is 0 Å². The van der Waals surface area contributed by atoms with Crippen LogP contribution in [0, 0.1) is 0 Å². The molecule has 2 aromatic carbocycles. The zero-order chi connectivity index (χ0) is 21.8. The summed E-state index contributed by atoms with van der Waals surface area (Å²) in [7, 11) is -4.45. The van der Waals surface area contributed by atoms with Gasteiger partial charge in [-0.25, -0.2) is 8.42 Å². The Morgan fingerprint density at radius 3 is 2.34 bits per heavy atom. The molecule has 0 unspecified atom stereocenters. The van der Waals surface area contributed by atoms with Gasteiger partial charge in [-0.15, -0.1) is 0 Å². The summed E-state index contributed by atoms with van der Waals surface area (Å²) in [5, 5.41) is 2.28. The molecule has 156 valence electrons. The Morgan fingerprint density at radius 1 is 1.10 bits per heavy atom. The number of methoxy groups -OCH3 is 1. The fourth-order valence-electron chi connectivity index (χ4n) is 2.20. The highest BCUT2D eigenvalue weighted by Gasteiger charge is 2.47. The number of amides is 2. The summed E-state index contributed by atoms with van der Waals surface area (Å²) in [4.78, 5) is 22.4. The van der Waals surface area contributed by atoms with Crippen LogP contribution < -0.4 is 20.5 Å². The number of hydrogen-bond donors (Lipinski definition) is 2. The third-order valence-electron chi connectivity index (χ3n) is 3.54. The van der Waals surface area contributed by atoms with Crippen molar-refractivity contribution in [1.29, 1.82) is 0 Å². The van der Waals surface area contributed by atoms with E-state index in [2.05, 4.69) is 5.32 Å². The summed E-state index contributed by atoms with van der Waals surface area (Å²) in [5.74, 6) is -1.71. The van der Waals surface area contributed by atoms with Gasteiger partial charge in [0.2, 0.25) is 0 Å². The number of ether oxygens (including phenoxy) is 2. The van der Waals surface area contributed by atoms with E-state index in [0.717, 1.165) is 6.07 Å². The molecule has 0 heterocycles. The third kappa shape index (κ3) is 4.96. The lowest BCUT2D eigenvalue weighted by atomic mass is 10.1. The van der Waals surface area contributed by atoms with Crippen LogP contribution in [0.2, 0.25) is 0 Å². The van der Waals surface area contributed by atoms with Crippen molar-refractivity contribution in [2.24, 2.45) is 5.73 Å². The number of carbonyl (C=O) groups excluding carboxylic acids is 2. The second-order valence-corrected chi connectivity index (χ2v) is 7.46. The molecule has 0 radical (unpaired) electrons. The average molecular weight is 432 g/mol. The average Bonchev–Trinajstić information content (AvgIpc) is 2.65. The first kappa shape index (κ1) is 22.0. The summed E-state index contributed by atoms with van der Waals surface area (Å²) < 4.78 is 71.7. The van der Waals surface area contributed by atoms with Gasteiger partial charge >= 0.3 is 5.51 Å². The van der Waals surface area contributed by atoms with Crippen molar-refractivity contribution in [1.82, 2.24) is 0 Å². The van der Waals surface area contributed by atoms with Crippen LogP contribution in [0.25, 0.3) is 0 Å². The molecule has 2 aromatic rings. The molecule has 0 aromatic heterocycles. The Morgan fingerprint density at radius 2 is 1.76 bits per heavy atom. The quantitative estimate of drug-likeness (QED) is 0.690. The van der Waals surface area contributed by atoms with Gasteiger partial charge in [0, 0.05) is 0 Å². The number of hydrogen-bond acceptors (Lipinski definition) is 6. The van der Waals surface area contributed by atoms with Crippen molar-refractivity contribution in [3.05, 3.63) is 48.0 Å². The van der Waals surface area contributed by atoms with Crippen LogP contribution in [0.3, 0.4) is 0 Å². The van der Waals surface area contributed by atoms with Gasteiger partial charge < -0.3 is 20.5 Å². The number of nitrogens with two attached hydrogens (primary N) is 1. The Balaban J connectivity index is 2.40. The van der Waals surface area contributed by atoms with Gasteiger partial charge in [-0.2, -0.15) is 13.2 Å². The topological polar surface area (TPSA) is 125 Å². The molecule has 29 heavy (non-hydrogen) atoms. The first-order valence-electron chi connectivity index (χ1n) is 7.78. The Labute approximate surface area is 163 Å². The SMILES string of the molecule is COc1ccc(S(=O)(=O)C(F)(F)F)cc1NC(=O)c1ccccc1OCC(N)=O. The van der Waals surface area contributed by atoms with Crippen molar-refractivity contribution in [2.75, 3.05) is 19.0 Å². The van der Waals surface area contributed by atoms with E-state index >= 15 is 0 Å². The highest BCUT2D eigenvalue weighted by Crippen LogP contribution is 2.35. The normalized spacial score (nSPS) is 11.6. The lowest BCUT2D eigenvalue weighted by Crippen LogP contribution is -2.23. The van der Waals surface area contributed by atoms with Crippen molar-refractivity contribution < 1.29 is 40.7 Å². The minimum absolute atomic E-state index is 0.0122. The summed E-state index contributed by atoms with van der Waals surface area (Å²) in [6.07, 6.45) is 0.